The molecule has 4 aromatic rings. The number of fused-ring (bicyclic) bond motifs is 1. The third-order valence-electron chi connectivity index (χ3n) is 4.40. The summed E-state index contributed by atoms with van der Waals surface area (Å²) in [6.07, 6.45) is 1.33. The lowest BCUT2D eigenvalue weighted by atomic mass is 10.1. The molecule has 0 radical (unpaired) electrons. The Labute approximate surface area is 190 Å². The van der Waals surface area contributed by atoms with Gasteiger partial charge in [-0.1, -0.05) is 110 Å². The Kier molecular flexibility index (Phi) is 10.3. The predicted octanol–water partition coefficient (Wildman–Crippen LogP) is 7.16. The molecular formula is C26H28O3S2. The van der Waals surface area contributed by atoms with E-state index in [2.05, 4.69) is 79.4 Å². The van der Waals surface area contributed by atoms with E-state index in [0.717, 1.165) is 11.3 Å². The molecule has 0 unspecified atom stereocenters. The second-order valence-electron chi connectivity index (χ2n) is 6.87. The Morgan fingerprint density at radius 1 is 0.710 bits per heavy atom. The molecule has 0 aliphatic rings. The van der Waals surface area contributed by atoms with Gasteiger partial charge in [-0.15, -0.1) is 12.6 Å². The molecule has 3 nitrogen and oxygen atoms in total. The van der Waals surface area contributed by atoms with Gasteiger partial charge in [0.2, 0.25) is 0 Å². The van der Waals surface area contributed by atoms with Gasteiger partial charge in [-0.25, -0.2) is 0 Å². The molecule has 0 heterocycles. The SMILES string of the molecule is CCCCS(=O)(=O)O.Sc1cccc2ccccc12.c1ccc(-c2ccccc2)cc1. The van der Waals surface area contributed by atoms with E-state index >= 15 is 0 Å². The molecule has 1 N–H and O–H groups in total. The molecular weight excluding hydrogens is 424 g/mol. The van der Waals surface area contributed by atoms with Gasteiger partial charge in [-0.3, -0.25) is 4.55 Å². The molecule has 4 aromatic carbocycles. The highest BCUT2D eigenvalue weighted by atomic mass is 32.2. The van der Waals surface area contributed by atoms with E-state index in [4.69, 9.17) is 4.55 Å². The minimum Gasteiger partial charge on any atom is -0.286 e. The van der Waals surface area contributed by atoms with Crippen molar-refractivity contribution in [2.24, 2.45) is 0 Å². The lowest BCUT2D eigenvalue weighted by Crippen LogP contribution is -2.02. The Morgan fingerprint density at radius 2 is 1.19 bits per heavy atom. The van der Waals surface area contributed by atoms with Crippen molar-refractivity contribution < 1.29 is 13.0 Å². The lowest BCUT2D eigenvalue weighted by molar-refractivity contribution is 0.480. The van der Waals surface area contributed by atoms with E-state index in [0.29, 0.717) is 6.42 Å². The first-order valence-corrected chi connectivity index (χ1v) is 12.2. The second kappa shape index (κ2) is 13.0. The number of thiol groups is 1. The zero-order chi connectivity index (χ0) is 22.5. The molecule has 0 amide bonds. The summed E-state index contributed by atoms with van der Waals surface area (Å²) in [5, 5.41) is 2.47. The van der Waals surface area contributed by atoms with Crippen molar-refractivity contribution in [1.29, 1.82) is 0 Å². The van der Waals surface area contributed by atoms with Crippen molar-refractivity contribution in [2.75, 3.05) is 5.75 Å². The van der Waals surface area contributed by atoms with Crippen LogP contribution >= 0.6 is 12.6 Å². The average Bonchev–Trinajstić information content (AvgIpc) is 2.80. The van der Waals surface area contributed by atoms with Crippen LogP contribution < -0.4 is 0 Å². The maximum atomic E-state index is 9.95. The number of unbranched alkanes of at least 4 members (excludes halogenated alkanes) is 1. The summed E-state index contributed by atoms with van der Waals surface area (Å²) in [7, 11) is -3.69. The molecule has 0 aliphatic carbocycles. The van der Waals surface area contributed by atoms with E-state index in [-0.39, 0.29) is 5.75 Å². The summed E-state index contributed by atoms with van der Waals surface area (Å²) in [6.45, 7) is 1.87. The van der Waals surface area contributed by atoms with Gasteiger partial charge >= 0.3 is 0 Å². The van der Waals surface area contributed by atoms with Crippen molar-refractivity contribution in [3.63, 3.8) is 0 Å². The molecule has 0 bridgehead atoms. The highest BCUT2D eigenvalue weighted by Gasteiger charge is 2.00. The van der Waals surface area contributed by atoms with Gasteiger partial charge < -0.3 is 0 Å². The Hall–Kier alpha value is -2.60. The van der Waals surface area contributed by atoms with E-state index in [9.17, 15) is 8.42 Å². The molecule has 5 heteroatoms. The van der Waals surface area contributed by atoms with Crippen molar-refractivity contribution in [1.82, 2.24) is 0 Å². The minimum absolute atomic E-state index is 0.108. The molecule has 4 rings (SSSR count). The molecule has 0 aromatic heterocycles. The average molecular weight is 453 g/mol. The summed E-state index contributed by atoms with van der Waals surface area (Å²) in [5.41, 5.74) is 2.55. The van der Waals surface area contributed by atoms with E-state index in [1.807, 2.05) is 43.3 Å². The Bertz CT molecular complexity index is 1100. The fourth-order valence-corrected chi connectivity index (χ4v) is 3.74. The zero-order valence-corrected chi connectivity index (χ0v) is 19.3. The first kappa shape index (κ1) is 24.7. The third-order valence-corrected chi connectivity index (χ3v) is 5.60. The molecule has 31 heavy (non-hydrogen) atoms. The van der Waals surface area contributed by atoms with Gasteiger partial charge in [0.1, 0.15) is 0 Å². The van der Waals surface area contributed by atoms with Crippen LogP contribution in [0.15, 0.2) is 108 Å². The number of hydrogen-bond donors (Lipinski definition) is 2. The lowest BCUT2D eigenvalue weighted by Gasteiger charge is -1.98. The zero-order valence-electron chi connectivity index (χ0n) is 17.6. The molecule has 0 aliphatic heterocycles. The first-order chi connectivity index (χ1) is 14.9. The van der Waals surface area contributed by atoms with Crippen molar-refractivity contribution in [2.45, 2.75) is 24.7 Å². The van der Waals surface area contributed by atoms with E-state index < -0.39 is 10.1 Å². The van der Waals surface area contributed by atoms with Crippen molar-refractivity contribution in [3.8, 4) is 11.1 Å². The van der Waals surface area contributed by atoms with E-state index in [1.165, 1.54) is 21.9 Å². The van der Waals surface area contributed by atoms with Crippen LogP contribution in [0.5, 0.6) is 0 Å². The number of rotatable bonds is 4. The van der Waals surface area contributed by atoms with Crippen LogP contribution in [0, 0.1) is 0 Å². The van der Waals surface area contributed by atoms with Crippen LogP contribution in [-0.4, -0.2) is 18.7 Å². The monoisotopic (exact) mass is 452 g/mol. The van der Waals surface area contributed by atoms with Gasteiger partial charge in [0.25, 0.3) is 10.1 Å². The predicted molar refractivity (Wildman–Crippen MR) is 134 cm³/mol. The normalized spacial score (nSPS) is 10.4. The largest absolute Gasteiger partial charge is 0.286 e. The van der Waals surface area contributed by atoms with Gasteiger partial charge in [-0.2, -0.15) is 8.42 Å². The second-order valence-corrected chi connectivity index (χ2v) is 8.92. The van der Waals surface area contributed by atoms with Crippen LogP contribution in [0.4, 0.5) is 0 Å². The molecule has 0 fully saturated rings. The van der Waals surface area contributed by atoms with Gasteiger partial charge in [0.15, 0.2) is 0 Å². The van der Waals surface area contributed by atoms with Gasteiger partial charge in [-0.05, 0) is 34.4 Å². The van der Waals surface area contributed by atoms with Crippen LogP contribution in [0.25, 0.3) is 21.9 Å². The smallest absolute Gasteiger partial charge is 0.264 e. The number of hydrogen-bond acceptors (Lipinski definition) is 3. The molecule has 162 valence electrons. The molecule has 0 atom stereocenters. The van der Waals surface area contributed by atoms with E-state index in [1.54, 1.807) is 0 Å². The maximum Gasteiger partial charge on any atom is 0.264 e. The first-order valence-electron chi connectivity index (χ1n) is 10.1. The standard InChI is InChI=1S/C12H10.C10H8S.C4H10O3S/c1-3-7-11(8-4-1)12-9-5-2-6-10-12;11-10-7-3-5-8-4-1-2-6-9(8)10;1-2-3-4-8(5,6)7/h1-10H;1-7,11H;2-4H2,1H3,(H,5,6,7). The molecule has 0 spiro atoms. The highest BCUT2D eigenvalue weighted by molar-refractivity contribution is 7.85. The van der Waals surface area contributed by atoms with Crippen LogP contribution in [0.2, 0.25) is 0 Å². The molecule has 0 saturated carbocycles. The fourth-order valence-electron chi connectivity index (χ4n) is 2.80. The Balaban J connectivity index is 0.000000169. The summed E-state index contributed by atoms with van der Waals surface area (Å²) >= 11 is 4.35. The quantitative estimate of drug-likeness (QED) is 0.255. The summed E-state index contributed by atoms with van der Waals surface area (Å²) in [5.74, 6) is -0.108. The summed E-state index contributed by atoms with van der Waals surface area (Å²) < 4.78 is 28.0. The van der Waals surface area contributed by atoms with Gasteiger partial charge in [0.05, 0.1) is 5.75 Å². The highest BCUT2D eigenvalue weighted by Crippen LogP contribution is 2.20. The topological polar surface area (TPSA) is 54.4 Å². The van der Waals surface area contributed by atoms with Crippen LogP contribution in [0.1, 0.15) is 19.8 Å². The Morgan fingerprint density at radius 3 is 1.65 bits per heavy atom. The molecule has 0 saturated heterocycles. The maximum absolute atomic E-state index is 9.95. The van der Waals surface area contributed by atoms with Crippen LogP contribution in [-0.2, 0) is 10.1 Å². The fraction of sp³-hybridized carbons (Fsp3) is 0.154. The van der Waals surface area contributed by atoms with Crippen molar-refractivity contribution >= 4 is 33.5 Å². The summed E-state index contributed by atoms with van der Waals surface area (Å²) in [4.78, 5) is 1.04. The van der Waals surface area contributed by atoms with Crippen LogP contribution in [0.3, 0.4) is 0 Å². The van der Waals surface area contributed by atoms with Gasteiger partial charge in [0, 0.05) is 4.90 Å². The summed E-state index contributed by atoms with van der Waals surface area (Å²) in [6, 6.07) is 35.1. The van der Waals surface area contributed by atoms with Crippen molar-refractivity contribution in [3.05, 3.63) is 103 Å². The minimum atomic E-state index is -3.69. The number of benzene rings is 4. The third kappa shape index (κ3) is 9.39.